The van der Waals surface area contributed by atoms with Crippen LogP contribution >= 0.6 is 0 Å². The number of fused-ring (bicyclic) bond motifs is 1. The molecule has 0 spiro atoms. The van der Waals surface area contributed by atoms with E-state index >= 15 is 0 Å². The SMILES string of the molecule is Cc1cccc(OCC(=O)c2ccc3c(c2)N(C(C)C(=O)N2CCOCC2)C(=O)CO3)c1C. The van der Waals surface area contributed by atoms with E-state index in [1.54, 1.807) is 30.0 Å². The molecule has 0 N–H and O–H groups in total. The van der Waals surface area contributed by atoms with Crippen molar-refractivity contribution in [2.45, 2.75) is 26.8 Å². The van der Waals surface area contributed by atoms with Gasteiger partial charge in [0.25, 0.3) is 5.91 Å². The Hall–Kier alpha value is -3.39. The van der Waals surface area contributed by atoms with E-state index in [0.717, 1.165) is 11.1 Å². The number of hydrogen-bond acceptors (Lipinski definition) is 6. The Labute approximate surface area is 193 Å². The van der Waals surface area contributed by atoms with Crippen LogP contribution < -0.4 is 14.4 Å². The molecule has 0 aliphatic carbocycles. The van der Waals surface area contributed by atoms with Gasteiger partial charge in [-0.25, -0.2) is 0 Å². The van der Waals surface area contributed by atoms with Gasteiger partial charge < -0.3 is 19.1 Å². The van der Waals surface area contributed by atoms with E-state index in [4.69, 9.17) is 14.2 Å². The van der Waals surface area contributed by atoms with Crippen LogP contribution in [0.15, 0.2) is 36.4 Å². The number of morpholine rings is 1. The second-order valence-electron chi connectivity index (χ2n) is 8.26. The van der Waals surface area contributed by atoms with Crippen molar-refractivity contribution in [3.8, 4) is 11.5 Å². The molecule has 1 fully saturated rings. The number of carbonyl (C=O) groups excluding carboxylic acids is 3. The van der Waals surface area contributed by atoms with Crippen molar-refractivity contribution in [3.05, 3.63) is 53.1 Å². The molecule has 0 bridgehead atoms. The zero-order chi connectivity index (χ0) is 23.5. The molecule has 8 nitrogen and oxygen atoms in total. The maximum atomic E-state index is 13.0. The average Bonchev–Trinajstić information content (AvgIpc) is 2.84. The summed E-state index contributed by atoms with van der Waals surface area (Å²) in [5.41, 5.74) is 2.86. The van der Waals surface area contributed by atoms with E-state index in [0.29, 0.717) is 49.1 Å². The zero-order valence-electron chi connectivity index (χ0n) is 19.1. The Morgan fingerprint density at radius 3 is 2.64 bits per heavy atom. The third-order valence-electron chi connectivity index (χ3n) is 6.14. The molecular formula is C25H28N2O6. The van der Waals surface area contributed by atoms with Crippen molar-refractivity contribution in [1.82, 2.24) is 4.90 Å². The number of aryl methyl sites for hydroxylation is 1. The highest BCUT2D eigenvalue weighted by atomic mass is 16.5. The third-order valence-corrected chi connectivity index (χ3v) is 6.14. The number of anilines is 1. The van der Waals surface area contributed by atoms with Crippen molar-refractivity contribution < 1.29 is 28.6 Å². The van der Waals surface area contributed by atoms with E-state index in [-0.39, 0.29) is 30.8 Å². The number of nitrogens with zero attached hydrogens (tertiary/aromatic N) is 2. The van der Waals surface area contributed by atoms with Crippen LogP contribution in [0.25, 0.3) is 0 Å². The van der Waals surface area contributed by atoms with Crippen molar-refractivity contribution in [2.75, 3.05) is 44.4 Å². The lowest BCUT2D eigenvalue weighted by Crippen LogP contribution is -2.54. The van der Waals surface area contributed by atoms with E-state index in [1.807, 2.05) is 32.0 Å². The van der Waals surface area contributed by atoms with Gasteiger partial charge in [0.1, 0.15) is 17.5 Å². The molecule has 33 heavy (non-hydrogen) atoms. The lowest BCUT2D eigenvalue weighted by molar-refractivity contribution is -0.138. The molecule has 174 valence electrons. The fourth-order valence-corrected chi connectivity index (χ4v) is 4.03. The van der Waals surface area contributed by atoms with Crippen LogP contribution in [0, 0.1) is 13.8 Å². The summed E-state index contributed by atoms with van der Waals surface area (Å²) in [4.78, 5) is 41.8. The summed E-state index contributed by atoms with van der Waals surface area (Å²) in [6.07, 6.45) is 0. The van der Waals surface area contributed by atoms with Crippen LogP contribution in [0.1, 0.15) is 28.4 Å². The standard InChI is InChI=1S/C25H28N2O6/c1-16-5-4-6-22(17(16)2)32-14-21(28)19-7-8-23-20(13-19)27(24(29)15-33-23)18(3)25(30)26-9-11-31-12-10-26/h4-8,13,18H,9-12,14-15H2,1-3H3. The largest absolute Gasteiger partial charge is 0.485 e. The van der Waals surface area contributed by atoms with Crippen molar-refractivity contribution >= 4 is 23.3 Å². The molecule has 2 heterocycles. The molecule has 2 aliphatic heterocycles. The second-order valence-corrected chi connectivity index (χ2v) is 8.26. The smallest absolute Gasteiger partial charge is 0.265 e. The third kappa shape index (κ3) is 4.71. The molecule has 0 saturated carbocycles. The molecule has 1 saturated heterocycles. The first-order valence-corrected chi connectivity index (χ1v) is 11.0. The van der Waals surface area contributed by atoms with Gasteiger partial charge >= 0.3 is 0 Å². The van der Waals surface area contributed by atoms with Gasteiger partial charge in [-0.1, -0.05) is 12.1 Å². The number of carbonyl (C=O) groups is 3. The van der Waals surface area contributed by atoms with Crippen LogP contribution in [0.3, 0.4) is 0 Å². The number of benzene rings is 2. The monoisotopic (exact) mass is 452 g/mol. The van der Waals surface area contributed by atoms with Gasteiger partial charge in [0.05, 0.1) is 18.9 Å². The van der Waals surface area contributed by atoms with Crippen molar-refractivity contribution in [2.24, 2.45) is 0 Å². The highest BCUT2D eigenvalue weighted by Gasteiger charge is 2.36. The Morgan fingerprint density at radius 1 is 1.12 bits per heavy atom. The predicted molar refractivity (Wildman–Crippen MR) is 122 cm³/mol. The Kier molecular flexibility index (Phi) is 6.65. The van der Waals surface area contributed by atoms with Gasteiger partial charge in [-0.05, 0) is 56.2 Å². The number of ketones is 1. The molecular weight excluding hydrogens is 424 g/mol. The van der Waals surface area contributed by atoms with Crippen molar-refractivity contribution in [1.29, 1.82) is 0 Å². The van der Waals surface area contributed by atoms with Gasteiger partial charge in [-0.3, -0.25) is 19.3 Å². The minimum atomic E-state index is -0.727. The molecule has 2 aliphatic rings. The van der Waals surface area contributed by atoms with E-state index in [9.17, 15) is 14.4 Å². The molecule has 8 heteroatoms. The number of ether oxygens (including phenoxy) is 3. The topological polar surface area (TPSA) is 85.4 Å². The molecule has 4 rings (SSSR count). The molecule has 2 amide bonds. The van der Waals surface area contributed by atoms with Crippen molar-refractivity contribution in [3.63, 3.8) is 0 Å². The first-order valence-electron chi connectivity index (χ1n) is 11.0. The van der Waals surface area contributed by atoms with Crippen LogP contribution in [-0.2, 0) is 14.3 Å². The van der Waals surface area contributed by atoms with Gasteiger partial charge in [-0.15, -0.1) is 0 Å². The van der Waals surface area contributed by atoms with Crippen LogP contribution in [0.5, 0.6) is 11.5 Å². The molecule has 2 aromatic carbocycles. The predicted octanol–water partition coefficient (Wildman–Crippen LogP) is 2.54. The Balaban J connectivity index is 1.54. The molecule has 1 unspecified atom stereocenters. The first kappa shape index (κ1) is 22.8. The van der Waals surface area contributed by atoms with Crippen LogP contribution in [-0.4, -0.2) is 68.1 Å². The van der Waals surface area contributed by atoms with Crippen LogP contribution in [0.4, 0.5) is 5.69 Å². The molecule has 0 radical (unpaired) electrons. The lowest BCUT2D eigenvalue weighted by atomic mass is 10.1. The minimum absolute atomic E-state index is 0.139. The summed E-state index contributed by atoms with van der Waals surface area (Å²) < 4.78 is 16.6. The van der Waals surface area contributed by atoms with Crippen LogP contribution in [0.2, 0.25) is 0 Å². The highest BCUT2D eigenvalue weighted by Crippen LogP contribution is 2.35. The summed E-state index contributed by atoms with van der Waals surface area (Å²) >= 11 is 0. The zero-order valence-corrected chi connectivity index (χ0v) is 19.1. The summed E-state index contributed by atoms with van der Waals surface area (Å²) in [6, 6.07) is 9.88. The molecule has 1 atom stereocenters. The summed E-state index contributed by atoms with van der Waals surface area (Å²) in [6.45, 7) is 7.27. The Bertz CT molecular complexity index is 1080. The van der Waals surface area contributed by atoms with E-state index in [1.165, 1.54) is 4.90 Å². The van der Waals surface area contributed by atoms with Gasteiger partial charge in [-0.2, -0.15) is 0 Å². The minimum Gasteiger partial charge on any atom is -0.485 e. The number of hydrogen-bond donors (Lipinski definition) is 0. The first-order chi connectivity index (χ1) is 15.9. The summed E-state index contributed by atoms with van der Waals surface area (Å²) in [5.74, 6) is 0.403. The second kappa shape index (κ2) is 9.62. The number of Topliss-reactive ketones (excluding diaryl/α,β-unsaturated/α-hetero) is 1. The fraction of sp³-hybridized carbons (Fsp3) is 0.400. The highest BCUT2D eigenvalue weighted by molar-refractivity contribution is 6.05. The number of amides is 2. The molecule has 2 aromatic rings. The van der Waals surface area contributed by atoms with Gasteiger partial charge in [0.15, 0.2) is 19.0 Å². The number of rotatable bonds is 6. The quantitative estimate of drug-likeness (QED) is 0.627. The summed E-state index contributed by atoms with van der Waals surface area (Å²) in [7, 11) is 0. The Morgan fingerprint density at radius 2 is 1.88 bits per heavy atom. The average molecular weight is 453 g/mol. The van der Waals surface area contributed by atoms with E-state index in [2.05, 4.69) is 0 Å². The van der Waals surface area contributed by atoms with E-state index < -0.39 is 6.04 Å². The molecule has 0 aromatic heterocycles. The lowest BCUT2D eigenvalue weighted by Gasteiger charge is -2.37. The van der Waals surface area contributed by atoms with Gasteiger partial charge in [0.2, 0.25) is 5.91 Å². The normalized spacial score (nSPS) is 16.6. The maximum Gasteiger partial charge on any atom is 0.265 e. The van der Waals surface area contributed by atoms with Gasteiger partial charge in [0, 0.05) is 18.7 Å². The summed E-state index contributed by atoms with van der Waals surface area (Å²) in [5, 5.41) is 0. The fourth-order valence-electron chi connectivity index (χ4n) is 4.03. The maximum absolute atomic E-state index is 13.0.